The highest BCUT2D eigenvalue weighted by Crippen LogP contribution is 2.33. The van der Waals surface area contributed by atoms with E-state index in [-0.39, 0.29) is 17.1 Å². The molecule has 4 rings (SSSR count). The van der Waals surface area contributed by atoms with Crippen molar-refractivity contribution in [1.29, 1.82) is 0 Å². The minimum Gasteiger partial charge on any atom is -0.457 e. The highest BCUT2D eigenvalue weighted by molar-refractivity contribution is 8.05. The van der Waals surface area contributed by atoms with Crippen molar-refractivity contribution in [1.82, 2.24) is 5.32 Å². The van der Waals surface area contributed by atoms with Gasteiger partial charge < -0.3 is 15.1 Å². The quantitative estimate of drug-likeness (QED) is 0.309. The SMILES string of the molecule is CCc1ccc(N[C@@H]2NC(=O)/C(=C/c3ccc(-c4cc([N+](=O)[O-])ccc4C)o3)S2)cc1. The summed E-state index contributed by atoms with van der Waals surface area (Å²) in [4.78, 5) is 23.5. The Morgan fingerprint density at radius 1 is 1.19 bits per heavy atom. The fraction of sp³-hybridized carbons (Fsp3) is 0.174. The van der Waals surface area contributed by atoms with E-state index in [1.807, 2.05) is 19.1 Å². The molecule has 0 radical (unpaired) electrons. The van der Waals surface area contributed by atoms with Crippen molar-refractivity contribution in [3.63, 3.8) is 0 Å². The van der Waals surface area contributed by atoms with Gasteiger partial charge in [0, 0.05) is 29.5 Å². The summed E-state index contributed by atoms with van der Waals surface area (Å²) in [6, 6.07) is 16.2. The Labute approximate surface area is 183 Å². The molecule has 31 heavy (non-hydrogen) atoms. The maximum atomic E-state index is 12.4. The number of hydrogen-bond acceptors (Lipinski definition) is 6. The van der Waals surface area contributed by atoms with Crippen LogP contribution in [0.3, 0.4) is 0 Å². The number of nitrogens with zero attached hydrogens (tertiary/aromatic N) is 1. The van der Waals surface area contributed by atoms with Crippen molar-refractivity contribution >= 4 is 35.1 Å². The van der Waals surface area contributed by atoms with Crippen LogP contribution in [0.5, 0.6) is 0 Å². The van der Waals surface area contributed by atoms with E-state index in [1.165, 1.54) is 29.5 Å². The van der Waals surface area contributed by atoms with Crippen LogP contribution in [-0.2, 0) is 11.2 Å². The number of thioether (sulfide) groups is 1. The summed E-state index contributed by atoms with van der Waals surface area (Å²) < 4.78 is 5.86. The first-order chi connectivity index (χ1) is 14.9. The van der Waals surface area contributed by atoms with E-state index >= 15 is 0 Å². The van der Waals surface area contributed by atoms with Gasteiger partial charge in [-0.15, -0.1) is 0 Å². The molecule has 1 fully saturated rings. The number of nitro benzene ring substituents is 1. The van der Waals surface area contributed by atoms with Crippen molar-refractivity contribution in [2.75, 3.05) is 5.32 Å². The Bertz CT molecular complexity index is 1170. The molecule has 0 aliphatic carbocycles. The molecule has 2 N–H and O–H groups in total. The number of aryl methyl sites for hydroxylation is 2. The van der Waals surface area contributed by atoms with Gasteiger partial charge in [0.25, 0.3) is 11.6 Å². The maximum Gasteiger partial charge on any atom is 0.270 e. The van der Waals surface area contributed by atoms with Crippen LogP contribution in [0.25, 0.3) is 17.4 Å². The molecule has 1 aliphatic heterocycles. The summed E-state index contributed by atoms with van der Waals surface area (Å²) in [6.45, 7) is 3.97. The number of furan rings is 1. The van der Waals surface area contributed by atoms with Crippen LogP contribution < -0.4 is 10.6 Å². The van der Waals surface area contributed by atoms with Gasteiger partial charge in [0.05, 0.1) is 9.83 Å². The predicted molar refractivity (Wildman–Crippen MR) is 122 cm³/mol. The lowest BCUT2D eigenvalue weighted by molar-refractivity contribution is -0.384. The topological polar surface area (TPSA) is 97.4 Å². The smallest absolute Gasteiger partial charge is 0.270 e. The number of carbonyl (C=O) groups is 1. The fourth-order valence-corrected chi connectivity index (χ4v) is 4.21. The van der Waals surface area contributed by atoms with Crippen LogP contribution in [0.15, 0.2) is 63.9 Å². The molecule has 0 unspecified atom stereocenters. The summed E-state index contributed by atoms with van der Waals surface area (Å²) >= 11 is 1.37. The van der Waals surface area contributed by atoms with E-state index in [2.05, 4.69) is 29.7 Å². The second kappa shape index (κ2) is 8.69. The lowest BCUT2D eigenvalue weighted by Crippen LogP contribution is -2.30. The average molecular weight is 436 g/mol. The first kappa shape index (κ1) is 20.7. The second-order valence-electron chi connectivity index (χ2n) is 7.13. The van der Waals surface area contributed by atoms with Crippen molar-refractivity contribution in [3.8, 4) is 11.3 Å². The van der Waals surface area contributed by atoms with Crippen LogP contribution in [0.1, 0.15) is 23.8 Å². The second-order valence-corrected chi connectivity index (χ2v) is 8.28. The van der Waals surface area contributed by atoms with Crippen molar-refractivity contribution in [2.24, 2.45) is 0 Å². The molecule has 1 amide bonds. The molecule has 1 aromatic heterocycles. The Balaban J connectivity index is 1.49. The summed E-state index contributed by atoms with van der Waals surface area (Å²) in [5, 5.41) is 17.3. The molecule has 0 bridgehead atoms. The lowest BCUT2D eigenvalue weighted by Gasteiger charge is -2.12. The summed E-state index contributed by atoms with van der Waals surface area (Å²) in [5.74, 6) is 0.839. The molecule has 7 nitrogen and oxygen atoms in total. The number of carbonyl (C=O) groups excluding carboxylic acids is 1. The molecule has 2 aromatic carbocycles. The van der Waals surface area contributed by atoms with E-state index in [4.69, 9.17) is 4.42 Å². The molecular weight excluding hydrogens is 414 g/mol. The van der Waals surface area contributed by atoms with Crippen molar-refractivity contribution in [3.05, 3.63) is 86.5 Å². The summed E-state index contributed by atoms with van der Waals surface area (Å²) in [6.07, 6.45) is 2.65. The minimum atomic E-state index is -0.433. The molecule has 8 heteroatoms. The third kappa shape index (κ3) is 4.64. The van der Waals surface area contributed by atoms with Crippen LogP contribution in [-0.4, -0.2) is 16.3 Å². The van der Waals surface area contributed by atoms with E-state index in [0.717, 1.165) is 17.7 Å². The zero-order valence-electron chi connectivity index (χ0n) is 17.0. The first-order valence-electron chi connectivity index (χ1n) is 9.83. The Morgan fingerprint density at radius 3 is 2.68 bits per heavy atom. The van der Waals surface area contributed by atoms with Gasteiger partial charge >= 0.3 is 0 Å². The van der Waals surface area contributed by atoms with Gasteiger partial charge in [0.15, 0.2) is 5.50 Å². The lowest BCUT2D eigenvalue weighted by atomic mass is 10.1. The zero-order valence-corrected chi connectivity index (χ0v) is 17.9. The molecule has 3 aromatic rings. The first-order valence-corrected chi connectivity index (χ1v) is 10.7. The average Bonchev–Trinajstić information content (AvgIpc) is 3.35. The van der Waals surface area contributed by atoms with Crippen LogP contribution in [0.4, 0.5) is 11.4 Å². The van der Waals surface area contributed by atoms with E-state index in [9.17, 15) is 14.9 Å². The van der Waals surface area contributed by atoms with Crippen LogP contribution in [0.2, 0.25) is 0 Å². The number of rotatable bonds is 6. The van der Waals surface area contributed by atoms with E-state index in [1.54, 1.807) is 24.3 Å². The molecule has 1 atom stereocenters. The number of benzene rings is 2. The monoisotopic (exact) mass is 435 g/mol. The molecule has 158 valence electrons. The minimum absolute atomic E-state index is 0.00326. The molecular formula is C23H21N3O4S. The van der Waals surface area contributed by atoms with Gasteiger partial charge in [0.2, 0.25) is 0 Å². The van der Waals surface area contributed by atoms with Gasteiger partial charge in [-0.1, -0.05) is 36.9 Å². The van der Waals surface area contributed by atoms with Gasteiger partial charge in [-0.2, -0.15) is 0 Å². The van der Waals surface area contributed by atoms with Crippen LogP contribution >= 0.6 is 11.8 Å². The molecule has 0 saturated carbocycles. The number of hydrogen-bond donors (Lipinski definition) is 2. The van der Waals surface area contributed by atoms with Gasteiger partial charge in [-0.3, -0.25) is 14.9 Å². The van der Waals surface area contributed by atoms with Gasteiger partial charge in [-0.25, -0.2) is 0 Å². The van der Waals surface area contributed by atoms with Crippen molar-refractivity contribution in [2.45, 2.75) is 25.8 Å². The fourth-order valence-electron chi connectivity index (χ4n) is 3.25. The van der Waals surface area contributed by atoms with Gasteiger partial charge in [0.1, 0.15) is 11.5 Å². The Hall–Kier alpha value is -3.52. The molecule has 1 saturated heterocycles. The molecule has 1 aliphatic rings. The maximum absolute atomic E-state index is 12.4. The number of nitrogens with one attached hydrogen (secondary N) is 2. The number of amides is 1. The highest BCUT2D eigenvalue weighted by Gasteiger charge is 2.27. The van der Waals surface area contributed by atoms with Crippen LogP contribution in [0, 0.1) is 17.0 Å². The normalized spacial score (nSPS) is 17.0. The number of anilines is 1. The predicted octanol–water partition coefficient (Wildman–Crippen LogP) is 5.33. The summed E-state index contributed by atoms with van der Waals surface area (Å²) in [5.41, 5.74) is 3.42. The van der Waals surface area contributed by atoms with E-state index in [0.29, 0.717) is 22.0 Å². The number of nitro groups is 1. The number of non-ortho nitro benzene ring substituents is 1. The summed E-state index contributed by atoms with van der Waals surface area (Å²) in [7, 11) is 0. The Kier molecular flexibility index (Phi) is 5.81. The standard InChI is InChI=1S/C23H21N3O4S/c1-3-15-5-7-16(8-6-15)24-23-25-22(27)21(31-23)13-18-10-11-20(30-18)19-12-17(26(28)29)9-4-14(19)2/h4-13,23-24H,3H2,1-2H3,(H,25,27)/b21-13-/t23-/m1/s1. The molecule has 2 heterocycles. The zero-order chi connectivity index (χ0) is 22.0. The third-order valence-electron chi connectivity index (χ3n) is 4.99. The highest BCUT2D eigenvalue weighted by atomic mass is 32.2. The Morgan fingerprint density at radius 2 is 1.97 bits per heavy atom. The largest absolute Gasteiger partial charge is 0.457 e. The van der Waals surface area contributed by atoms with Gasteiger partial charge in [-0.05, 0) is 48.7 Å². The molecule has 0 spiro atoms. The van der Waals surface area contributed by atoms with Crippen molar-refractivity contribution < 1.29 is 14.1 Å². The van der Waals surface area contributed by atoms with E-state index < -0.39 is 4.92 Å². The third-order valence-corrected chi connectivity index (χ3v) is 6.02.